The second-order valence-corrected chi connectivity index (χ2v) is 6.68. The number of rotatable bonds is 4. The molecule has 3 rings (SSSR count). The molecular weight excluding hydrogens is 392 g/mol. The number of nitro benzene ring substituents is 1. The van der Waals surface area contributed by atoms with Crippen LogP contribution in [0.5, 0.6) is 0 Å². The van der Waals surface area contributed by atoms with Crippen molar-refractivity contribution in [3.8, 4) is 0 Å². The average molecular weight is 405 g/mol. The molecule has 1 heterocycles. The summed E-state index contributed by atoms with van der Waals surface area (Å²) in [4.78, 5) is 36.9. The number of nitrogens with zero attached hydrogens (tertiary/aromatic N) is 2. The lowest BCUT2D eigenvalue weighted by atomic mass is 9.88. The molecular formula is C17H13BrN2O5. The van der Waals surface area contributed by atoms with Crippen molar-refractivity contribution in [2.24, 2.45) is 0 Å². The Bertz CT molecular complexity index is 914. The summed E-state index contributed by atoms with van der Waals surface area (Å²) in [7, 11) is 1.50. The van der Waals surface area contributed by atoms with Gasteiger partial charge in [-0.1, -0.05) is 28.1 Å². The number of carbonyl (C=O) groups excluding carboxylic acids is 2. The highest BCUT2D eigenvalue weighted by atomic mass is 79.9. The molecule has 0 unspecified atom stereocenters. The van der Waals surface area contributed by atoms with Crippen LogP contribution in [-0.4, -0.2) is 28.8 Å². The van der Waals surface area contributed by atoms with Crippen LogP contribution in [0, 0.1) is 10.1 Å². The molecule has 25 heavy (non-hydrogen) atoms. The minimum atomic E-state index is -2.06. The molecule has 0 saturated heterocycles. The van der Waals surface area contributed by atoms with E-state index in [-0.39, 0.29) is 11.3 Å². The third-order valence-electron chi connectivity index (χ3n) is 4.24. The fraction of sp³-hybridized carbons (Fsp3) is 0.176. The lowest BCUT2D eigenvalue weighted by molar-refractivity contribution is -0.385. The number of hydrogen-bond acceptors (Lipinski definition) is 5. The number of para-hydroxylation sites is 1. The summed E-state index contributed by atoms with van der Waals surface area (Å²) in [6.45, 7) is 0. The zero-order chi connectivity index (χ0) is 18.4. The van der Waals surface area contributed by atoms with Crippen molar-refractivity contribution in [1.82, 2.24) is 0 Å². The first-order chi connectivity index (χ1) is 11.8. The standard InChI is InChI=1S/C17H13BrN2O5/c1-19-14-7-6-10(18)8-12(14)17(23,16(19)22)9-15(21)11-4-2-3-5-13(11)20(24)25/h2-8,23H,9H2,1H3/t17-/m0/s1. The normalized spacial score (nSPS) is 19.0. The Labute approximate surface area is 151 Å². The Kier molecular flexibility index (Phi) is 4.18. The van der Waals surface area contributed by atoms with Gasteiger partial charge in [-0.2, -0.15) is 0 Å². The van der Waals surface area contributed by atoms with E-state index in [0.29, 0.717) is 15.7 Å². The van der Waals surface area contributed by atoms with Crippen molar-refractivity contribution in [3.05, 3.63) is 68.2 Å². The van der Waals surface area contributed by atoms with E-state index in [1.54, 1.807) is 18.2 Å². The topological polar surface area (TPSA) is 101 Å². The lowest BCUT2D eigenvalue weighted by Crippen LogP contribution is -2.40. The average Bonchev–Trinajstić information content (AvgIpc) is 2.76. The first-order valence-electron chi connectivity index (χ1n) is 7.33. The Morgan fingerprint density at radius 3 is 2.68 bits per heavy atom. The fourth-order valence-electron chi connectivity index (χ4n) is 3.00. The summed E-state index contributed by atoms with van der Waals surface area (Å²) in [5.41, 5.74) is -1.77. The van der Waals surface area contributed by atoms with Gasteiger partial charge in [-0.3, -0.25) is 19.7 Å². The Morgan fingerprint density at radius 2 is 2.00 bits per heavy atom. The zero-order valence-corrected chi connectivity index (χ0v) is 14.7. The molecule has 0 bridgehead atoms. The van der Waals surface area contributed by atoms with Crippen molar-refractivity contribution in [2.75, 3.05) is 11.9 Å². The number of carbonyl (C=O) groups is 2. The number of fused-ring (bicyclic) bond motifs is 1. The smallest absolute Gasteiger partial charge is 0.280 e. The van der Waals surface area contributed by atoms with E-state index >= 15 is 0 Å². The number of aliphatic hydroxyl groups is 1. The van der Waals surface area contributed by atoms with Gasteiger partial charge in [0.2, 0.25) is 0 Å². The van der Waals surface area contributed by atoms with Crippen LogP contribution in [0.25, 0.3) is 0 Å². The number of halogens is 1. The van der Waals surface area contributed by atoms with Crippen molar-refractivity contribution in [3.63, 3.8) is 0 Å². The molecule has 0 aliphatic carbocycles. The molecule has 1 atom stereocenters. The largest absolute Gasteiger partial charge is 0.375 e. The molecule has 2 aromatic carbocycles. The second-order valence-electron chi connectivity index (χ2n) is 5.76. The minimum Gasteiger partial charge on any atom is -0.375 e. The molecule has 0 aromatic heterocycles. The molecule has 1 aliphatic rings. The summed E-state index contributed by atoms with van der Waals surface area (Å²) in [6, 6.07) is 10.4. The third kappa shape index (κ3) is 2.73. The number of benzene rings is 2. The highest BCUT2D eigenvalue weighted by molar-refractivity contribution is 9.10. The lowest BCUT2D eigenvalue weighted by Gasteiger charge is -2.21. The van der Waals surface area contributed by atoms with Crippen LogP contribution in [0.15, 0.2) is 46.9 Å². The number of Topliss-reactive ketones (excluding diaryl/α,β-unsaturated/α-hetero) is 1. The number of hydrogen-bond donors (Lipinski definition) is 1. The van der Waals surface area contributed by atoms with E-state index in [9.17, 15) is 24.8 Å². The summed E-state index contributed by atoms with van der Waals surface area (Å²) in [5.74, 6) is -1.32. The number of ketones is 1. The van der Waals surface area contributed by atoms with Crippen LogP contribution in [0.2, 0.25) is 0 Å². The van der Waals surface area contributed by atoms with E-state index < -0.39 is 28.6 Å². The summed E-state index contributed by atoms with van der Waals surface area (Å²) >= 11 is 3.28. The van der Waals surface area contributed by atoms with E-state index in [4.69, 9.17) is 0 Å². The van der Waals surface area contributed by atoms with Crippen LogP contribution in [-0.2, 0) is 10.4 Å². The molecule has 2 aromatic rings. The van der Waals surface area contributed by atoms with E-state index in [1.807, 2.05) is 0 Å². The highest BCUT2D eigenvalue weighted by Crippen LogP contribution is 2.43. The number of amides is 1. The van der Waals surface area contributed by atoms with E-state index in [1.165, 1.54) is 36.2 Å². The van der Waals surface area contributed by atoms with Crippen molar-refractivity contribution in [2.45, 2.75) is 12.0 Å². The maximum Gasteiger partial charge on any atom is 0.280 e. The first-order valence-corrected chi connectivity index (χ1v) is 8.12. The molecule has 1 aliphatic heterocycles. The van der Waals surface area contributed by atoms with E-state index in [2.05, 4.69) is 15.9 Å². The fourth-order valence-corrected chi connectivity index (χ4v) is 3.36. The summed E-state index contributed by atoms with van der Waals surface area (Å²) in [5, 5.41) is 22.1. The van der Waals surface area contributed by atoms with Crippen LogP contribution >= 0.6 is 15.9 Å². The minimum absolute atomic E-state index is 0.139. The molecule has 128 valence electrons. The molecule has 1 N–H and O–H groups in total. The molecule has 7 nitrogen and oxygen atoms in total. The SMILES string of the molecule is CN1C(=O)[C@](O)(CC(=O)c2ccccc2[N+](=O)[O-])c2cc(Br)ccc21. The van der Waals surface area contributed by atoms with Crippen LogP contribution in [0.3, 0.4) is 0 Å². The Morgan fingerprint density at radius 1 is 1.32 bits per heavy atom. The van der Waals surface area contributed by atoms with Gasteiger partial charge in [-0.05, 0) is 24.3 Å². The van der Waals surface area contributed by atoms with Crippen LogP contribution in [0.4, 0.5) is 11.4 Å². The van der Waals surface area contributed by atoms with Gasteiger partial charge in [-0.25, -0.2) is 0 Å². The van der Waals surface area contributed by atoms with Gasteiger partial charge in [0.05, 0.1) is 22.6 Å². The van der Waals surface area contributed by atoms with Gasteiger partial charge in [0.1, 0.15) is 0 Å². The second kappa shape index (κ2) is 6.05. The monoisotopic (exact) mass is 404 g/mol. The number of nitro groups is 1. The maximum atomic E-state index is 12.6. The molecule has 8 heteroatoms. The molecule has 0 radical (unpaired) electrons. The van der Waals surface area contributed by atoms with Crippen LogP contribution < -0.4 is 4.90 Å². The Hall–Kier alpha value is -2.58. The van der Waals surface area contributed by atoms with Gasteiger partial charge in [0.25, 0.3) is 11.6 Å². The maximum absolute atomic E-state index is 12.6. The number of anilines is 1. The Balaban J connectivity index is 2.04. The third-order valence-corrected chi connectivity index (χ3v) is 4.73. The van der Waals surface area contributed by atoms with Crippen molar-refractivity contribution in [1.29, 1.82) is 0 Å². The molecule has 0 fully saturated rings. The van der Waals surface area contributed by atoms with E-state index in [0.717, 1.165) is 0 Å². The van der Waals surface area contributed by atoms with Gasteiger partial charge in [0, 0.05) is 23.2 Å². The molecule has 1 amide bonds. The van der Waals surface area contributed by atoms with Crippen LogP contribution in [0.1, 0.15) is 22.3 Å². The predicted molar refractivity (Wildman–Crippen MR) is 93.5 cm³/mol. The first kappa shape index (κ1) is 17.2. The zero-order valence-electron chi connectivity index (χ0n) is 13.1. The van der Waals surface area contributed by atoms with Crippen molar-refractivity contribution >= 4 is 39.0 Å². The summed E-state index contributed by atoms with van der Waals surface area (Å²) < 4.78 is 0.644. The van der Waals surface area contributed by atoms with Gasteiger partial charge in [0.15, 0.2) is 11.4 Å². The van der Waals surface area contributed by atoms with Gasteiger partial charge >= 0.3 is 0 Å². The van der Waals surface area contributed by atoms with Crippen molar-refractivity contribution < 1.29 is 19.6 Å². The quantitative estimate of drug-likeness (QED) is 0.479. The number of likely N-dealkylation sites (N-methyl/N-ethyl adjacent to an activating group) is 1. The molecule has 0 saturated carbocycles. The van der Waals surface area contributed by atoms with Gasteiger partial charge < -0.3 is 10.0 Å². The predicted octanol–water partition coefficient (Wildman–Crippen LogP) is 2.79. The highest BCUT2D eigenvalue weighted by Gasteiger charge is 2.50. The summed E-state index contributed by atoms with van der Waals surface area (Å²) in [6.07, 6.45) is -0.579. The molecule has 0 spiro atoms. The van der Waals surface area contributed by atoms with Gasteiger partial charge in [-0.15, -0.1) is 0 Å².